The summed E-state index contributed by atoms with van der Waals surface area (Å²) >= 11 is 6.05. The first kappa shape index (κ1) is 29.3. The highest BCUT2D eigenvalue weighted by atomic mass is 35.5. The van der Waals surface area contributed by atoms with Crippen LogP contribution in [0.15, 0.2) is 85.2 Å². The molecule has 0 spiro atoms. The van der Waals surface area contributed by atoms with Gasteiger partial charge in [0.15, 0.2) is 5.65 Å². The molecule has 2 saturated heterocycles. The topological polar surface area (TPSA) is 98.9 Å². The zero-order valence-corrected chi connectivity index (χ0v) is 26.0. The summed E-state index contributed by atoms with van der Waals surface area (Å²) in [4.78, 5) is 26.8. The molecular formula is C35H36ClN7O2. The van der Waals surface area contributed by atoms with Gasteiger partial charge in [-0.3, -0.25) is 9.78 Å². The highest BCUT2D eigenvalue weighted by Crippen LogP contribution is 2.36. The molecule has 3 aromatic heterocycles. The summed E-state index contributed by atoms with van der Waals surface area (Å²) in [5.41, 5.74) is 5.45. The summed E-state index contributed by atoms with van der Waals surface area (Å²) in [6.45, 7) is 4.92. The second kappa shape index (κ2) is 12.1. The molecule has 2 aromatic carbocycles. The molecule has 10 heteroatoms. The second-order valence-corrected chi connectivity index (χ2v) is 12.7. The van der Waals surface area contributed by atoms with Crippen molar-refractivity contribution < 1.29 is 9.90 Å². The molecule has 0 aliphatic carbocycles. The van der Waals surface area contributed by atoms with Gasteiger partial charge in [-0.15, -0.1) is 5.10 Å². The van der Waals surface area contributed by atoms with E-state index in [0.29, 0.717) is 48.4 Å². The van der Waals surface area contributed by atoms with Gasteiger partial charge >= 0.3 is 0 Å². The number of aliphatic hydroxyl groups is 1. The van der Waals surface area contributed by atoms with Crippen LogP contribution in [-0.4, -0.2) is 61.7 Å². The SMILES string of the molecule is Cc1ccc(CC2CCN(C(=O)c3ccc(Nc4nc5c(N6CCC(O)(c7ccc(Cl)cc7)CC6)cccn5n4)cc3)C2)nc1. The van der Waals surface area contributed by atoms with E-state index >= 15 is 0 Å². The van der Waals surface area contributed by atoms with E-state index in [1.165, 1.54) is 0 Å². The van der Waals surface area contributed by atoms with Crippen LogP contribution in [0, 0.1) is 12.8 Å². The molecule has 0 radical (unpaired) electrons. The van der Waals surface area contributed by atoms with Gasteiger partial charge in [0.25, 0.3) is 5.91 Å². The fraction of sp³-hybridized carbons (Fsp3) is 0.314. The summed E-state index contributed by atoms with van der Waals surface area (Å²) in [5.74, 6) is 0.958. The van der Waals surface area contributed by atoms with Crippen LogP contribution in [0.3, 0.4) is 0 Å². The number of benzene rings is 2. The molecule has 1 atom stereocenters. The molecule has 2 fully saturated rings. The van der Waals surface area contributed by atoms with Gasteiger partial charge in [0.05, 0.1) is 11.3 Å². The minimum atomic E-state index is -0.879. The third-order valence-electron chi connectivity index (χ3n) is 9.09. The molecule has 0 bridgehead atoms. The van der Waals surface area contributed by atoms with Crippen molar-refractivity contribution in [3.8, 4) is 0 Å². The van der Waals surface area contributed by atoms with Crippen molar-refractivity contribution >= 4 is 40.5 Å². The van der Waals surface area contributed by atoms with Crippen molar-refractivity contribution in [1.82, 2.24) is 24.5 Å². The summed E-state index contributed by atoms with van der Waals surface area (Å²) < 4.78 is 1.77. The Morgan fingerprint density at radius 3 is 2.53 bits per heavy atom. The molecule has 2 N–H and O–H groups in total. The Morgan fingerprint density at radius 2 is 1.80 bits per heavy atom. The lowest BCUT2D eigenvalue weighted by Gasteiger charge is -2.39. The molecule has 2 aliphatic heterocycles. The Hall–Kier alpha value is -4.47. The van der Waals surface area contributed by atoms with Crippen molar-refractivity contribution in [2.45, 2.75) is 38.2 Å². The van der Waals surface area contributed by atoms with Crippen LogP contribution < -0.4 is 10.2 Å². The monoisotopic (exact) mass is 621 g/mol. The number of hydrogen-bond donors (Lipinski definition) is 2. The van der Waals surface area contributed by atoms with Gasteiger partial charge in [-0.2, -0.15) is 4.98 Å². The number of rotatable bonds is 7. The van der Waals surface area contributed by atoms with Gasteiger partial charge in [-0.25, -0.2) is 4.52 Å². The fourth-order valence-electron chi connectivity index (χ4n) is 6.46. The fourth-order valence-corrected chi connectivity index (χ4v) is 6.59. The van der Waals surface area contributed by atoms with E-state index in [1.54, 1.807) is 4.52 Å². The van der Waals surface area contributed by atoms with Gasteiger partial charge < -0.3 is 20.2 Å². The Kier molecular flexibility index (Phi) is 7.89. The molecule has 230 valence electrons. The zero-order valence-electron chi connectivity index (χ0n) is 25.2. The standard InChI is InChI=1S/C35H36ClN7O2/c1-24-4-11-30(37-22-24)21-25-14-18-42(23-25)33(44)26-5-12-29(13-6-26)38-34-39-32-31(3-2-17-43(32)40-34)41-19-15-35(45,16-20-41)27-7-9-28(36)10-8-27/h2-13,17,22,25,45H,14-16,18-21,23H2,1H3,(H,38,40). The van der Waals surface area contributed by atoms with E-state index < -0.39 is 5.60 Å². The number of carbonyl (C=O) groups is 1. The Labute approximate surface area is 267 Å². The van der Waals surface area contributed by atoms with E-state index in [-0.39, 0.29) is 5.91 Å². The molecule has 0 saturated carbocycles. The quantitative estimate of drug-likeness (QED) is 0.229. The Balaban J connectivity index is 0.981. The Bertz CT molecular complexity index is 1800. The van der Waals surface area contributed by atoms with Crippen molar-refractivity contribution in [3.05, 3.63) is 113 Å². The molecule has 5 aromatic rings. The number of pyridine rings is 2. The highest BCUT2D eigenvalue weighted by Gasteiger charge is 2.35. The van der Waals surface area contributed by atoms with Gasteiger partial charge in [-0.05, 0) is 104 Å². The number of amides is 1. The number of hydrogen-bond acceptors (Lipinski definition) is 7. The smallest absolute Gasteiger partial charge is 0.253 e. The van der Waals surface area contributed by atoms with E-state index in [9.17, 15) is 9.90 Å². The normalized spacial score (nSPS) is 18.0. The van der Waals surface area contributed by atoms with Crippen LogP contribution >= 0.6 is 11.6 Å². The minimum Gasteiger partial charge on any atom is -0.385 e. The predicted molar refractivity (Wildman–Crippen MR) is 176 cm³/mol. The number of fused-ring (bicyclic) bond motifs is 1. The number of aromatic nitrogens is 4. The Morgan fingerprint density at radius 1 is 1.02 bits per heavy atom. The maximum absolute atomic E-state index is 13.2. The van der Waals surface area contributed by atoms with Gasteiger partial charge in [0, 0.05) is 60.5 Å². The van der Waals surface area contributed by atoms with Crippen LogP contribution in [0.4, 0.5) is 17.3 Å². The zero-order chi connectivity index (χ0) is 31.0. The number of carbonyl (C=O) groups excluding carboxylic acids is 1. The summed E-state index contributed by atoms with van der Waals surface area (Å²) in [7, 11) is 0. The third-order valence-corrected chi connectivity index (χ3v) is 9.34. The predicted octanol–water partition coefficient (Wildman–Crippen LogP) is 6.02. The van der Waals surface area contributed by atoms with E-state index in [4.69, 9.17) is 16.6 Å². The first-order valence-electron chi connectivity index (χ1n) is 15.5. The second-order valence-electron chi connectivity index (χ2n) is 12.3. The van der Waals surface area contributed by atoms with Gasteiger partial charge in [0.2, 0.25) is 5.95 Å². The van der Waals surface area contributed by atoms with Crippen LogP contribution in [0.2, 0.25) is 5.02 Å². The lowest BCUT2D eigenvalue weighted by molar-refractivity contribution is 0.0118. The summed E-state index contributed by atoms with van der Waals surface area (Å²) in [6, 6.07) is 23.2. The molecule has 1 unspecified atom stereocenters. The number of nitrogens with one attached hydrogen (secondary N) is 1. The average Bonchev–Trinajstić information content (AvgIpc) is 3.70. The van der Waals surface area contributed by atoms with Crippen LogP contribution in [-0.2, 0) is 12.0 Å². The van der Waals surface area contributed by atoms with Crippen molar-refractivity contribution in [2.75, 3.05) is 36.4 Å². The molecular weight excluding hydrogens is 586 g/mol. The van der Waals surface area contributed by atoms with Crippen molar-refractivity contribution in [2.24, 2.45) is 5.92 Å². The minimum absolute atomic E-state index is 0.0564. The summed E-state index contributed by atoms with van der Waals surface area (Å²) in [6.07, 6.45) is 6.87. The molecule has 2 aliphatic rings. The number of anilines is 3. The maximum atomic E-state index is 13.2. The number of piperidine rings is 1. The number of nitrogens with zero attached hydrogens (tertiary/aromatic N) is 6. The first-order valence-corrected chi connectivity index (χ1v) is 15.9. The molecule has 7 rings (SSSR count). The van der Waals surface area contributed by atoms with Crippen LogP contribution in [0.1, 0.15) is 46.4 Å². The average molecular weight is 622 g/mol. The molecule has 45 heavy (non-hydrogen) atoms. The molecule has 9 nitrogen and oxygen atoms in total. The van der Waals surface area contributed by atoms with Crippen molar-refractivity contribution in [1.29, 1.82) is 0 Å². The maximum Gasteiger partial charge on any atom is 0.253 e. The molecule has 1 amide bonds. The van der Waals surface area contributed by atoms with E-state index in [0.717, 1.165) is 59.8 Å². The van der Waals surface area contributed by atoms with Crippen molar-refractivity contribution in [3.63, 3.8) is 0 Å². The number of aryl methyl sites for hydroxylation is 1. The lowest BCUT2D eigenvalue weighted by Crippen LogP contribution is -2.42. The highest BCUT2D eigenvalue weighted by molar-refractivity contribution is 6.30. The van der Waals surface area contributed by atoms with E-state index in [1.807, 2.05) is 84.9 Å². The first-order chi connectivity index (χ1) is 21.8. The van der Waals surface area contributed by atoms with Gasteiger partial charge in [0.1, 0.15) is 0 Å². The molecule has 5 heterocycles. The van der Waals surface area contributed by atoms with Crippen LogP contribution in [0.25, 0.3) is 5.65 Å². The van der Waals surface area contributed by atoms with Crippen LogP contribution in [0.5, 0.6) is 0 Å². The van der Waals surface area contributed by atoms with Gasteiger partial charge in [-0.1, -0.05) is 29.8 Å². The third kappa shape index (κ3) is 6.23. The lowest BCUT2D eigenvalue weighted by atomic mass is 9.84. The van der Waals surface area contributed by atoms with E-state index in [2.05, 4.69) is 32.4 Å². The number of likely N-dealkylation sites (tertiary alicyclic amines) is 1. The largest absolute Gasteiger partial charge is 0.385 e. The number of halogens is 1. The summed E-state index contributed by atoms with van der Waals surface area (Å²) in [5, 5.41) is 19.9.